The molecule has 0 radical (unpaired) electrons. The SMILES string of the molecule is O=C(Cn1cnc2ccccc2c1=O)N(Cc1cccnc1)CC1CCCO1. The quantitative estimate of drug-likeness (QED) is 0.656. The number of hydrogen-bond donors (Lipinski definition) is 0. The number of aromatic nitrogens is 3. The predicted octanol–water partition coefficient (Wildman–Crippen LogP) is 2.00. The lowest BCUT2D eigenvalue weighted by atomic mass is 10.2. The van der Waals surface area contributed by atoms with Crippen LogP contribution in [0.3, 0.4) is 0 Å². The van der Waals surface area contributed by atoms with Gasteiger partial charge in [-0.3, -0.25) is 19.1 Å². The third-order valence-electron chi connectivity index (χ3n) is 4.93. The molecule has 0 N–H and O–H groups in total. The Hall–Kier alpha value is -3.06. The molecule has 1 amide bonds. The predicted molar refractivity (Wildman–Crippen MR) is 105 cm³/mol. The normalized spacial score (nSPS) is 16.4. The van der Waals surface area contributed by atoms with Crippen molar-refractivity contribution in [2.45, 2.75) is 32.0 Å². The van der Waals surface area contributed by atoms with Gasteiger partial charge in [-0.05, 0) is 36.6 Å². The first-order valence-corrected chi connectivity index (χ1v) is 9.43. The molecule has 3 aromatic rings. The molecular weight excluding hydrogens is 356 g/mol. The van der Waals surface area contributed by atoms with Crippen LogP contribution >= 0.6 is 0 Å². The Morgan fingerprint density at radius 1 is 1.25 bits per heavy atom. The fraction of sp³-hybridized carbons (Fsp3) is 0.333. The number of hydrogen-bond acceptors (Lipinski definition) is 5. The minimum atomic E-state index is -0.211. The van der Waals surface area contributed by atoms with E-state index in [0.29, 0.717) is 24.0 Å². The average Bonchev–Trinajstić information content (AvgIpc) is 3.24. The van der Waals surface area contributed by atoms with Gasteiger partial charge in [0.1, 0.15) is 6.54 Å². The minimum absolute atomic E-state index is 0.0343. The third-order valence-corrected chi connectivity index (χ3v) is 4.93. The maximum atomic E-state index is 13.1. The Bertz CT molecular complexity index is 1010. The van der Waals surface area contributed by atoms with Crippen LogP contribution in [0, 0.1) is 0 Å². The fourth-order valence-electron chi connectivity index (χ4n) is 3.47. The van der Waals surface area contributed by atoms with Crippen molar-refractivity contribution < 1.29 is 9.53 Å². The maximum Gasteiger partial charge on any atom is 0.261 e. The van der Waals surface area contributed by atoms with Gasteiger partial charge >= 0.3 is 0 Å². The van der Waals surface area contributed by atoms with Crippen molar-refractivity contribution in [2.24, 2.45) is 0 Å². The molecule has 7 heteroatoms. The largest absolute Gasteiger partial charge is 0.376 e. The third kappa shape index (κ3) is 4.09. The molecule has 1 fully saturated rings. The first-order chi connectivity index (χ1) is 13.7. The van der Waals surface area contributed by atoms with E-state index >= 15 is 0 Å². The molecule has 1 aromatic carbocycles. The van der Waals surface area contributed by atoms with Crippen LogP contribution in [0.15, 0.2) is 59.9 Å². The van der Waals surface area contributed by atoms with E-state index in [1.807, 2.05) is 18.2 Å². The zero-order valence-corrected chi connectivity index (χ0v) is 15.5. The van der Waals surface area contributed by atoms with E-state index in [1.165, 1.54) is 10.9 Å². The molecule has 144 valence electrons. The van der Waals surface area contributed by atoms with Crippen molar-refractivity contribution in [1.82, 2.24) is 19.4 Å². The van der Waals surface area contributed by atoms with E-state index in [0.717, 1.165) is 25.0 Å². The van der Waals surface area contributed by atoms with Crippen molar-refractivity contribution in [3.05, 3.63) is 71.0 Å². The zero-order valence-electron chi connectivity index (χ0n) is 15.5. The van der Waals surface area contributed by atoms with Crippen molar-refractivity contribution in [1.29, 1.82) is 0 Å². The summed E-state index contributed by atoms with van der Waals surface area (Å²) in [5.41, 5.74) is 1.36. The van der Waals surface area contributed by atoms with E-state index in [4.69, 9.17) is 4.74 Å². The van der Waals surface area contributed by atoms with E-state index in [-0.39, 0.29) is 24.1 Å². The number of carbonyl (C=O) groups excluding carboxylic acids is 1. The van der Waals surface area contributed by atoms with E-state index in [2.05, 4.69) is 9.97 Å². The lowest BCUT2D eigenvalue weighted by molar-refractivity contribution is -0.134. The molecule has 4 rings (SSSR count). The summed E-state index contributed by atoms with van der Waals surface area (Å²) in [7, 11) is 0. The number of para-hydroxylation sites is 1. The second kappa shape index (κ2) is 8.31. The highest BCUT2D eigenvalue weighted by Crippen LogP contribution is 2.15. The Morgan fingerprint density at radius 3 is 2.93 bits per heavy atom. The van der Waals surface area contributed by atoms with Crippen LogP contribution in [0.25, 0.3) is 10.9 Å². The molecule has 7 nitrogen and oxygen atoms in total. The summed E-state index contributed by atoms with van der Waals surface area (Å²) in [5, 5.41) is 0.510. The molecule has 0 bridgehead atoms. The van der Waals surface area contributed by atoms with Gasteiger partial charge in [0.05, 0.1) is 23.3 Å². The van der Waals surface area contributed by atoms with Gasteiger partial charge in [0, 0.05) is 32.1 Å². The van der Waals surface area contributed by atoms with Crippen LogP contribution < -0.4 is 5.56 Å². The molecule has 0 saturated carbocycles. The van der Waals surface area contributed by atoms with E-state index < -0.39 is 0 Å². The van der Waals surface area contributed by atoms with Crippen LogP contribution in [-0.4, -0.2) is 44.6 Å². The summed E-state index contributed by atoms with van der Waals surface area (Å²) in [6, 6.07) is 10.9. The van der Waals surface area contributed by atoms with Crippen LogP contribution in [-0.2, 0) is 22.6 Å². The van der Waals surface area contributed by atoms with Gasteiger partial charge < -0.3 is 9.64 Å². The first kappa shape index (κ1) is 18.3. The number of ether oxygens (including phenoxy) is 1. The van der Waals surface area contributed by atoms with E-state index in [1.54, 1.807) is 35.5 Å². The van der Waals surface area contributed by atoms with Crippen molar-refractivity contribution in [3.63, 3.8) is 0 Å². The molecular formula is C21H22N4O3. The van der Waals surface area contributed by atoms with Gasteiger partial charge in [0.2, 0.25) is 5.91 Å². The highest BCUT2D eigenvalue weighted by molar-refractivity contribution is 5.79. The summed E-state index contributed by atoms with van der Waals surface area (Å²) in [6.45, 7) is 1.61. The Balaban J connectivity index is 1.56. The van der Waals surface area contributed by atoms with Gasteiger partial charge in [-0.2, -0.15) is 0 Å². The fourth-order valence-corrected chi connectivity index (χ4v) is 3.47. The van der Waals surface area contributed by atoms with Crippen LogP contribution in [0.1, 0.15) is 18.4 Å². The van der Waals surface area contributed by atoms with Gasteiger partial charge in [-0.15, -0.1) is 0 Å². The Kier molecular flexibility index (Phi) is 5.43. The number of benzene rings is 1. The Morgan fingerprint density at radius 2 is 2.14 bits per heavy atom. The molecule has 1 aliphatic heterocycles. The number of fused-ring (bicyclic) bond motifs is 1. The molecule has 1 unspecified atom stereocenters. The zero-order chi connectivity index (χ0) is 19.3. The molecule has 1 atom stereocenters. The summed E-state index contributed by atoms with van der Waals surface area (Å²) in [4.78, 5) is 35.9. The van der Waals surface area contributed by atoms with Crippen LogP contribution in [0.2, 0.25) is 0 Å². The molecule has 1 saturated heterocycles. The summed E-state index contributed by atoms with van der Waals surface area (Å²) in [5.74, 6) is -0.140. The van der Waals surface area contributed by atoms with Gasteiger partial charge in [-0.25, -0.2) is 4.98 Å². The van der Waals surface area contributed by atoms with Gasteiger partial charge in [-0.1, -0.05) is 18.2 Å². The average molecular weight is 378 g/mol. The number of pyridine rings is 1. The lowest BCUT2D eigenvalue weighted by Crippen LogP contribution is -2.40. The number of amides is 1. The highest BCUT2D eigenvalue weighted by atomic mass is 16.5. The summed E-state index contributed by atoms with van der Waals surface area (Å²) >= 11 is 0. The number of nitrogens with zero attached hydrogens (tertiary/aromatic N) is 4. The van der Waals surface area contributed by atoms with Gasteiger partial charge in [0.25, 0.3) is 5.56 Å². The molecule has 1 aliphatic rings. The second-order valence-corrected chi connectivity index (χ2v) is 6.97. The van der Waals surface area contributed by atoms with Crippen molar-refractivity contribution in [3.8, 4) is 0 Å². The topological polar surface area (TPSA) is 77.3 Å². The standard InChI is InChI=1S/C21H22N4O3/c26-20(14-25-15-23-19-8-2-1-7-18(19)21(25)27)24(13-17-6-4-10-28-17)12-16-5-3-9-22-11-16/h1-3,5,7-9,11,15,17H,4,6,10,12-14H2. The summed E-state index contributed by atoms with van der Waals surface area (Å²) < 4.78 is 7.08. The van der Waals surface area contributed by atoms with Crippen molar-refractivity contribution in [2.75, 3.05) is 13.2 Å². The second-order valence-electron chi connectivity index (χ2n) is 6.97. The molecule has 2 aromatic heterocycles. The summed E-state index contributed by atoms with van der Waals surface area (Å²) in [6.07, 6.45) is 6.88. The highest BCUT2D eigenvalue weighted by Gasteiger charge is 2.23. The number of rotatable bonds is 6. The molecule has 0 aliphatic carbocycles. The molecule has 28 heavy (non-hydrogen) atoms. The monoisotopic (exact) mass is 378 g/mol. The lowest BCUT2D eigenvalue weighted by Gasteiger charge is -2.26. The van der Waals surface area contributed by atoms with Crippen LogP contribution in [0.4, 0.5) is 0 Å². The van der Waals surface area contributed by atoms with Gasteiger partial charge in [0.15, 0.2) is 0 Å². The smallest absolute Gasteiger partial charge is 0.261 e. The number of carbonyl (C=O) groups is 1. The molecule has 3 heterocycles. The van der Waals surface area contributed by atoms with Crippen LogP contribution in [0.5, 0.6) is 0 Å². The Labute approximate surface area is 162 Å². The minimum Gasteiger partial charge on any atom is -0.376 e. The first-order valence-electron chi connectivity index (χ1n) is 9.43. The molecule has 0 spiro atoms. The van der Waals surface area contributed by atoms with E-state index in [9.17, 15) is 9.59 Å². The van der Waals surface area contributed by atoms with Crippen molar-refractivity contribution >= 4 is 16.8 Å². The maximum absolute atomic E-state index is 13.1.